The molecule has 0 spiro atoms. The van der Waals surface area contributed by atoms with Crippen LogP contribution in [-0.4, -0.2) is 19.5 Å². The maximum Gasteiger partial charge on any atom is 0.223 e. The summed E-state index contributed by atoms with van der Waals surface area (Å²) in [5, 5.41) is 0.443. The molecule has 0 radical (unpaired) electrons. The van der Waals surface area contributed by atoms with Crippen molar-refractivity contribution in [1.29, 1.82) is 0 Å². The van der Waals surface area contributed by atoms with Crippen LogP contribution in [0.15, 0.2) is 18.7 Å². The predicted octanol–water partition coefficient (Wildman–Crippen LogP) is 2.18. The second kappa shape index (κ2) is 3.55. The van der Waals surface area contributed by atoms with Crippen LogP contribution in [0, 0.1) is 0 Å². The van der Waals surface area contributed by atoms with Gasteiger partial charge >= 0.3 is 0 Å². The molecular weight excluding hydrogens is 223 g/mol. The van der Waals surface area contributed by atoms with Crippen molar-refractivity contribution in [2.45, 2.75) is 0 Å². The van der Waals surface area contributed by atoms with Gasteiger partial charge in [0.1, 0.15) is 5.15 Å². The van der Waals surface area contributed by atoms with Crippen molar-refractivity contribution in [3.8, 4) is 11.3 Å². The molecule has 0 aliphatic carbocycles. The molecule has 0 aliphatic heterocycles. The summed E-state index contributed by atoms with van der Waals surface area (Å²) in [6.45, 7) is 0. The third-order valence-electron chi connectivity index (χ3n) is 1.69. The van der Waals surface area contributed by atoms with Gasteiger partial charge in [-0.2, -0.15) is 0 Å². The van der Waals surface area contributed by atoms with Crippen molar-refractivity contribution in [1.82, 2.24) is 19.5 Å². The van der Waals surface area contributed by atoms with Gasteiger partial charge in [0.05, 0.1) is 17.6 Å². The van der Waals surface area contributed by atoms with E-state index in [2.05, 4.69) is 15.0 Å². The van der Waals surface area contributed by atoms with Gasteiger partial charge in [-0.25, -0.2) is 15.0 Å². The molecule has 0 atom stereocenters. The number of imidazole rings is 1. The van der Waals surface area contributed by atoms with Gasteiger partial charge in [-0.15, -0.1) is 0 Å². The number of halogens is 2. The second-order valence-corrected chi connectivity index (χ2v) is 3.46. The molecule has 0 N–H and O–H groups in total. The Balaban J connectivity index is 2.52. The van der Waals surface area contributed by atoms with Crippen molar-refractivity contribution >= 4 is 23.2 Å². The Hall–Kier alpha value is -1.13. The Kier molecular flexibility index (Phi) is 2.39. The number of hydrogen-bond acceptors (Lipinski definition) is 3. The van der Waals surface area contributed by atoms with Crippen LogP contribution in [0.4, 0.5) is 0 Å². The number of nitrogens with zero attached hydrogens (tertiary/aromatic N) is 4. The zero-order valence-corrected chi connectivity index (χ0v) is 8.79. The molecule has 2 heterocycles. The molecule has 0 amide bonds. The lowest BCUT2D eigenvalue weighted by Crippen LogP contribution is -1.87. The van der Waals surface area contributed by atoms with Gasteiger partial charge in [0, 0.05) is 19.4 Å². The van der Waals surface area contributed by atoms with Crippen LogP contribution >= 0.6 is 23.2 Å². The third-order valence-corrected chi connectivity index (χ3v) is 2.16. The van der Waals surface area contributed by atoms with Crippen LogP contribution in [0.2, 0.25) is 10.4 Å². The quantitative estimate of drug-likeness (QED) is 0.556. The summed E-state index contributed by atoms with van der Waals surface area (Å²) in [6, 6.07) is 0. The van der Waals surface area contributed by atoms with Gasteiger partial charge in [0.25, 0.3) is 0 Å². The van der Waals surface area contributed by atoms with Gasteiger partial charge in [0.2, 0.25) is 5.28 Å². The molecule has 0 saturated carbocycles. The number of hydrogen-bond donors (Lipinski definition) is 0. The fourth-order valence-electron chi connectivity index (χ4n) is 1.06. The monoisotopic (exact) mass is 228 g/mol. The summed E-state index contributed by atoms with van der Waals surface area (Å²) in [6.07, 6.45) is 5.07. The Labute approximate surface area is 90.5 Å². The number of aryl methyl sites for hydroxylation is 1. The normalized spacial score (nSPS) is 10.5. The van der Waals surface area contributed by atoms with E-state index < -0.39 is 0 Å². The van der Waals surface area contributed by atoms with Crippen molar-refractivity contribution in [2.24, 2.45) is 7.05 Å². The molecule has 0 fully saturated rings. The molecule has 0 aromatic carbocycles. The van der Waals surface area contributed by atoms with Gasteiger partial charge in [-0.05, 0) is 11.6 Å². The summed E-state index contributed by atoms with van der Waals surface area (Å²) in [5.41, 5.74) is 1.41. The highest BCUT2D eigenvalue weighted by Gasteiger charge is 2.08. The molecule has 4 nitrogen and oxygen atoms in total. The average molecular weight is 229 g/mol. The average Bonchev–Trinajstić information content (AvgIpc) is 2.51. The van der Waals surface area contributed by atoms with Crippen LogP contribution in [0.1, 0.15) is 0 Å². The van der Waals surface area contributed by atoms with E-state index >= 15 is 0 Å². The molecule has 0 unspecified atom stereocenters. The minimum Gasteiger partial charge on any atom is -0.340 e. The first-order valence-corrected chi connectivity index (χ1v) is 4.59. The summed E-state index contributed by atoms with van der Waals surface area (Å²) in [5.74, 6) is 0. The summed E-state index contributed by atoms with van der Waals surface area (Å²) < 4.78 is 1.82. The van der Waals surface area contributed by atoms with Gasteiger partial charge in [-0.3, -0.25) is 0 Å². The Morgan fingerprint density at radius 3 is 2.64 bits per heavy atom. The summed E-state index contributed by atoms with van der Waals surface area (Å²) in [4.78, 5) is 11.8. The SMILES string of the molecule is Cn1cnc(-c2cnc(Cl)nc2Cl)c1. The van der Waals surface area contributed by atoms with Crippen LogP contribution in [0.3, 0.4) is 0 Å². The van der Waals surface area contributed by atoms with E-state index in [-0.39, 0.29) is 5.28 Å². The fourth-order valence-corrected chi connectivity index (χ4v) is 1.47. The number of rotatable bonds is 1. The van der Waals surface area contributed by atoms with E-state index in [1.165, 1.54) is 0 Å². The van der Waals surface area contributed by atoms with E-state index in [0.717, 1.165) is 5.69 Å². The van der Waals surface area contributed by atoms with Gasteiger partial charge < -0.3 is 4.57 Å². The zero-order chi connectivity index (χ0) is 10.1. The third kappa shape index (κ3) is 1.71. The smallest absolute Gasteiger partial charge is 0.223 e. The van der Waals surface area contributed by atoms with Crippen molar-refractivity contribution in [3.05, 3.63) is 29.2 Å². The zero-order valence-electron chi connectivity index (χ0n) is 7.28. The van der Waals surface area contributed by atoms with Gasteiger partial charge in [-0.1, -0.05) is 11.6 Å². The summed E-state index contributed by atoms with van der Waals surface area (Å²) >= 11 is 11.5. The van der Waals surface area contributed by atoms with Crippen molar-refractivity contribution < 1.29 is 0 Å². The van der Waals surface area contributed by atoms with E-state index in [9.17, 15) is 0 Å². The first-order valence-electron chi connectivity index (χ1n) is 3.83. The van der Waals surface area contributed by atoms with E-state index in [0.29, 0.717) is 10.7 Å². The first kappa shape index (κ1) is 9.43. The molecule has 2 aromatic rings. The Morgan fingerprint density at radius 1 is 1.29 bits per heavy atom. The van der Waals surface area contributed by atoms with Crippen LogP contribution in [0.5, 0.6) is 0 Å². The van der Waals surface area contributed by atoms with E-state index in [1.54, 1.807) is 12.5 Å². The lowest BCUT2D eigenvalue weighted by Gasteiger charge is -1.98. The minimum absolute atomic E-state index is 0.134. The molecule has 2 rings (SSSR count). The minimum atomic E-state index is 0.134. The van der Waals surface area contributed by atoms with Gasteiger partial charge in [0.15, 0.2) is 0 Å². The molecule has 0 saturated heterocycles. The maximum atomic E-state index is 5.89. The molecule has 0 bridgehead atoms. The standard InChI is InChI=1S/C8H6Cl2N4/c1-14-3-6(12-4-14)5-2-11-8(10)13-7(5)9/h2-4H,1H3. The van der Waals surface area contributed by atoms with E-state index in [4.69, 9.17) is 23.2 Å². The Morgan fingerprint density at radius 2 is 2.07 bits per heavy atom. The van der Waals surface area contributed by atoms with Crippen LogP contribution < -0.4 is 0 Å². The van der Waals surface area contributed by atoms with Crippen molar-refractivity contribution in [2.75, 3.05) is 0 Å². The predicted molar refractivity (Wildman–Crippen MR) is 54.3 cm³/mol. The largest absolute Gasteiger partial charge is 0.340 e. The first-order chi connectivity index (χ1) is 6.66. The maximum absolute atomic E-state index is 5.89. The molecule has 72 valence electrons. The topological polar surface area (TPSA) is 43.6 Å². The molecule has 14 heavy (non-hydrogen) atoms. The highest BCUT2D eigenvalue weighted by atomic mass is 35.5. The molecule has 6 heteroatoms. The Bertz CT molecular complexity index is 466. The molecular formula is C8H6Cl2N4. The van der Waals surface area contributed by atoms with Crippen molar-refractivity contribution in [3.63, 3.8) is 0 Å². The van der Waals surface area contributed by atoms with Crippen LogP contribution in [0.25, 0.3) is 11.3 Å². The molecule has 0 aliphatic rings. The van der Waals surface area contributed by atoms with Crippen LogP contribution in [-0.2, 0) is 7.05 Å². The number of aromatic nitrogens is 4. The van der Waals surface area contributed by atoms with E-state index in [1.807, 2.05) is 17.8 Å². The second-order valence-electron chi connectivity index (χ2n) is 2.77. The lowest BCUT2D eigenvalue weighted by atomic mass is 10.3. The summed E-state index contributed by atoms with van der Waals surface area (Å²) in [7, 11) is 1.88. The highest BCUT2D eigenvalue weighted by molar-refractivity contribution is 6.33. The highest BCUT2D eigenvalue weighted by Crippen LogP contribution is 2.24. The molecule has 2 aromatic heterocycles. The lowest BCUT2D eigenvalue weighted by molar-refractivity contribution is 0.913. The fraction of sp³-hybridized carbons (Fsp3) is 0.125.